The van der Waals surface area contributed by atoms with Crippen LogP contribution in [0.15, 0.2) is 0 Å². The molecule has 102 valence electrons. The van der Waals surface area contributed by atoms with Crippen molar-refractivity contribution in [2.75, 3.05) is 13.1 Å². The second-order valence-electron chi connectivity index (χ2n) is 5.00. The Kier molecular flexibility index (Phi) is 11.5. The highest BCUT2D eigenvalue weighted by molar-refractivity contribution is 5.75. The number of nitrogens with two attached hydrogens (primary N) is 1. The van der Waals surface area contributed by atoms with Crippen molar-refractivity contribution in [1.82, 2.24) is 5.32 Å². The van der Waals surface area contributed by atoms with Crippen molar-refractivity contribution in [3.05, 3.63) is 0 Å². The van der Waals surface area contributed by atoms with Gasteiger partial charge in [-0.15, -0.1) is 0 Å². The molecule has 0 aliphatic rings. The van der Waals surface area contributed by atoms with Gasteiger partial charge in [0, 0.05) is 13.0 Å². The molecule has 0 saturated heterocycles. The van der Waals surface area contributed by atoms with Crippen LogP contribution in [-0.4, -0.2) is 19.0 Å². The van der Waals surface area contributed by atoms with Gasteiger partial charge in [-0.3, -0.25) is 4.79 Å². The summed E-state index contributed by atoms with van der Waals surface area (Å²) in [6.45, 7) is 5.90. The molecule has 1 amide bonds. The quantitative estimate of drug-likeness (QED) is 0.547. The monoisotopic (exact) mass is 242 g/mol. The van der Waals surface area contributed by atoms with E-state index < -0.39 is 0 Å². The Balaban J connectivity index is 3.23. The summed E-state index contributed by atoms with van der Waals surface area (Å²) in [7, 11) is 0. The molecular formula is C14H30N2O. The van der Waals surface area contributed by atoms with Crippen molar-refractivity contribution in [2.45, 2.75) is 65.2 Å². The van der Waals surface area contributed by atoms with Crippen molar-refractivity contribution in [3.8, 4) is 0 Å². The van der Waals surface area contributed by atoms with E-state index in [-0.39, 0.29) is 5.91 Å². The Hall–Kier alpha value is -0.570. The van der Waals surface area contributed by atoms with E-state index in [1.54, 1.807) is 0 Å². The standard InChI is InChI=1S/C14H30N2O/c1-3-4-5-6-7-10-14(17)16-11-8-9-13(2)12-15/h13H,3-12,15H2,1-2H3,(H,16,17). The van der Waals surface area contributed by atoms with Gasteiger partial charge in [-0.2, -0.15) is 0 Å². The normalized spacial score (nSPS) is 12.4. The Morgan fingerprint density at radius 1 is 1.18 bits per heavy atom. The fourth-order valence-corrected chi connectivity index (χ4v) is 1.77. The smallest absolute Gasteiger partial charge is 0.219 e. The van der Waals surface area contributed by atoms with Crippen molar-refractivity contribution < 1.29 is 4.79 Å². The summed E-state index contributed by atoms with van der Waals surface area (Å²) in [6.07, 6.45) is 8.86. The lowest BCUT2D eigenvalue weighted by Gasteiger charge is -2.08. The molecule has 0 radical (unpaired) electrons. The lowest BCUT2D eigenvalue weighted by Crippen LogP contribution is -2.24. The first kappa shape index (κ1) is 16.4. The topological polar surface area (TPSA) is 55.1 Å². The van der Waals surface area contributed by atoms with Crippen molar-refractivity contribution >= 4 is 5.91 Å². The van der Waals surface area contributed by atoms with Crippen LogP contribution in [0.2, 0.25) is 0 Å². The molecule has 0 aromatic heterocycles. The molecule has 0 spiro atoms. The summed E-state index contributed by atoms with van der Waals surface area (Å²) in [6, 6.07) is 0. The number of carbonyl (C=O) groups excluding carboxylic acids is 1. The van der Waals surface area contributed by atoms with Crippen LogP contribution >= 0.6 is 0 Å². The van der Waals surface area contributed by atoms with Crippen molar-refractivity contribution in [3.63, 3.8) is 0 Å². The second kappa shape index (κ2) is 11.9. The average molecular weight is 242 g/mol. The molecule has 17 heavy (non-hydrogen) atoms. The molecule has 0 saturated carbocycles. The van der Waals surface area contributed by atoms with Crippen LogP contribution in [0.1, 0.15) is 65.2 Å². The van der Waals surface area contributed by atoms with Crippen LogP contribution in [0.25, 0.3) is 0 Å². The van der Waals surface area contributed by atoms with E-state index in [0.717, 1.165) is 32.4 Å². The van der Waals surface area contributed by atoms with Gasteiger partial charge in [-0.25, -0.2) is 0 Å². The molecule has 3 heteroatoms. The van der Waals surface area contributed by atoms with Crippen molar-refractivity contribution in [1.29, 1.82) is 0 Å². The van der Waals surface area contributed by atoms with E-state index in [4.69, 9.17) is 5.73 Å². The zero-order chi connectivity index (χ0) is 12.9. The van der Waals surface area contributed by atoms with Gasteiger partial charge in [0.05, 0.1) is 0 Å². The highest BCUT2D eigenvalue weighted by Crippen LogP contribution is 2.05. The molecule has 0 bridgehead atoms. The summed E-state index contributed by atoms with van der Waals surface area (Å²) >= 11 is 0. The lowest BCUT2D eigenvalue weighted by atomic mass is 10.1. The maximum absolute atomic E-state index is 11.5. The summed E-state index contributed by atoms with van der Waals surface area (Å²) in [5, 5.41) is 2.97. The first-order chi connectivity index (χ1) is 8.20. The largest absolute Gasteiger partial charge is 0.356 e. The minimum atomic E-state index is 0.210. The van der Waals surface area contributed by atoms with E-state index in [0.29, 0.717) is 12.3 Å². The maximum Gasteiger partial charge on any atom is 0.219 e. The third-order valence-corrected chi connectivity index (χ3v) is 3.11. The first-order valence-electron chi connectivity index (χ1n) is 7.17. The van der Waals surface area contributed by atoms with E-state index in [1.807, 2.05) is 0 Å². The molecule has 0 aromatic carbocycles. The molecule has 1 atom stereocenters. The predicted octanol–water partition coefficient (Wildman–Crippen LogP) is 2.84. The van der Waals surface area contributed by atoms with Crippen LogP contribution < -0.4 is 11.1 Å². The number of hydrogen-bond donors (Lipinski definition) is 2. The number of rotatable bonds is 11. The molecule has 0 heterocycles. The number of hydrogen-bond acceptors (Lipinski definition) is 2. The predicted molar refractivity (Wildman–Crippen MR) is 73.8 cm³/mol. The average Bonchev–Trinajstić information content (AvgIpc) is 2.34. The third-order valence-electron chi connectivity index (χ3n) is 3.11. The Morgan fingerprint density at radius 3 is 2.53 bits per heavy atom. The van der Waals surface area contributed by atoms with Gasteiger partial charge in [0.15, 0.2) is 0 Å². The van der Waals surface area contributed by atoms with Gasteiger partial charge in [0.25, 0.3) is 0 Å². The van der Waals surface area contributed by atoms with Gasteiger partial charge in [0.2, 0.25) is 5.91 Å². The fourth-order valence-electron chi connectivity index (χ4n) is 1.77. The highest BCUT2D eigenvalue weighted by atomic mass is 16.1. The van der Waals surface area contributed by atoms with Crippen molar-refractivity contribution in [2.24, 2.45) is 11.7 Å². The lowest BCUT2D eigenvalue weighted by molar-refractivity contribution is -0.121. The zero-order valence-corrected chi connectivity index (χ0v) is 11.6. The van der Waals surface area contributed by atoms with Crippen LogP contribution in [-0.2, 0) is 4.79 Å². The van der Waals surface area contributed by atoms with Crippen LogP contribution in [0.3, 0.4) is 0 Å². The fraction of sp³-hybridized carbons (Fsp3) is 0.929. The van der Waals surface area contributed by atoms with E-state index >= 15 is 0 Å². The zero-order valence-electron chi connectivity index (χ0n) is 11.6. The van der Waals surface area contributed by atoms with Crippen LogP contribution in [0.5, 0.6) is 0 Å². The maximum atomic E-state index is 11.5. The molecule has 0 aromatic rings. The summed E-state index contributed by atoms with van der Waals surface area (Å²) in [5.74, 6) is 0.780. The molecule has 1 unspecified atom stereocenters. The van der Waals surface area contributed by atoms with Gasteiger partial charge in [-0.1, -0.05) is 39.5 Å². The van der Waals surface area contributed by atoms with Gasteiger partial charge >= 0.3 is 0 Å². The van der Waals surface area contributed by atoms with E-state index in [1.165, 1.54) is 25.7 Å². The van der Waals surface area contributed by atoms with E-state index in [9.17, 15) is 4.79 Å². The molecular weight excluding hydrogens is 212 g/mol. The van der Waals surface area contributed by atoms with Crippen LogP contribution in [0, 0.1) is 5.92 Å². The minimum Gasteiger partial charge on any atom is -0.356 e. The second-order valence-corrected chi connectivity index (χ2v) is 5.00. The first-order valence-corrected chi connectivity index (χ1v) is 7.17. The molecule has 3 nitrogen and oxygen atoms in total. The van der Waals surface area contributed by atoms with Gasteiger partial charge < -0.3 is 11.1 Å². The van der Waals surface area contributed by atoms with Crippen LogP contribution in [0.4, 0.5) is 0 Å². The molecule has 0 rings (SSSR count). The SMILES string of the molecule is CCCCCCCC(=O)NCCCC(C)CN. The van der Waals surface area contributed by atoms with Gasteiger partial charge in [0.1, 0.15) is 0 Å². The number of carbonyl (C=O) groups is 1. The van der Waals surface area contributed by atoms with E-state index in [2.05, 4.69) is 19.2 Å². The molecule has 0 aliphatic carbocycles. The highest BCUT2D eigenvalue weighted by Gasteiger charge is 2.02. The Morgan fingerprint density at radius 2 is 1.88 bits per heavy atom. The minimum absolute atomic E-state index is 0.210. The summed E-state index contributed by atoms with van der Waals surface area (Å²) in [5.41, 5.74) is 5.53. The number of nitrogens with one attached hydrogen (secondary N) is 1. The number of unbranched alkanes of at least 4 members (excludes halogenated alkanes) is 4. The Bertz CT molecular complexity index is 183. The third kappa shape index (κ3) is 11.7. The number of amides is 1. The Labute approximate surface area is 107 Å². The summed E-state index contributed by atoms with van der Waals surface area (Å²) in [4.78, 5) is 11.5. The molecule has 0 aliphatic heterocycles. The molecule has 3 N–H and O–H groups in total. The van der Waals surface area contributed by atoms with Gasteiger partial charge in [-0.05, 0) is 31.7 Å². The molecule has 0 fully saturated rings. The summed E-state index contributed by atoms with van der Waals surface area (Å²) < 4.78 is 0.